The Labute approximate surface area is 107 Å². The van der Waals surface area contributed by atoms with E-state index < -0.39 is 0 Å². The van der Waals surface area contributed by atoms with Crippen molar-refractivity contribution in [2.24, 2.45) is 11.7 Å². The van der Waals surface area contributed by atoms with Crippen LogP contribution in [0.15, 0.2) is 12.3 Å². The average molecular weight is 250 g/mol. The molecule has 1 aliphatic carbocycles. The Morgan fingerprint density at radius 2 is 2.29 bits per heavy atom. The summed E-state index contributed by atoms with van der Waals surface area (Å²) < 4.78 is 0. The molecule has 1 aliphatic rings. The van der Waals surface area contributed by atoms with E-state index in [-0.39, 0.29) is 0 Å². The monoisotopic (exact) mass is 250 g/mol. The fourth-order valence-corrected chi connectivity index (χ4v) is 2.01. The van der Waals surface area contributed by atoms with Crippen LogP contribution in [0.3, 0.4) is 0 Å². The van der Waals surface area contributed by atoms with Gasteiger partial charge in [-0.05, 0) is 38.7 Å². The fourth-order valence-electron chi connectivity index (χ4n) is 1.85. The summed E-state index contributed by atoms with van der Waals surface area (Å²) >= 11 is 5.07. The minimum absolute atomic E-state index is 0.375. The normalized spacial score (nSPS) is 15.0. The third-order valence-electron chi connectivity index (χ3n) is 3.01. The van der Waals surface area contributed by atoms with E-state index in [1.807, 2.05) is 6.07 Å². The van der Waals surface area contributed by atoms with Gasteiger partial charge in [-0.25, -0.2) is 0 Å². The Morgan fingerprint density at radius 1 is 1.59 bits per heavy atom. The van der Waals surface area contributed by atoms with Crippen LogP contribution in [0, 0.1) is 5.92 Å². The molecular weight excluding hydrogens is 232 g/mol. The molecule has 1 aromatic rings. The van der Waals surface area contributed by atoms with Crippen molar-refractivity contribution >= 4 is 23.0 Å². The molecule has 92 valence electrons. The highest BCUT2D eigenvalue weighted by molar-refractivity contribution is 7.80. The number of nitrogens with two attached hydrogens (primary N) is 1. The quantitative estimate of drug-likeness (QED) is 0.807. The summed E-state index contributed by atoms with van der Waals surface area (Å²) in [6.07, 6.45) is 4.26. The lowest BCUT2D eigenvalue weighted by Crippen LogP contribution is -2.35. The standard InChI is InChI=1S/C12H18N4S/c1-8(2)16(7-9-3-4-9)12-10(11(13)17)5-6-14-15-12/h5-6,8-9H,3-4,7H2,1-2H3,(H2,13,17). The van der Waals surface area contributed by atoms with Gasteiger partial charge in [0.2, 0.25) is 0 Å². The van der Waals surface area contributed by atoms with Gasteiger partial charge in [-0.3, -0.25) is 0 Å². The molecule has 0 radical (unpaired) electrons. The van der Waals surface area contributed by atoms with E-state index in [9.17, 15) is 0 Å². The summed E-state index contributed by atoms with van der Waals surface area (Å²) in [5.41, 5.74) is 6.56. The minimum atomic E-state index is 0.375. The van der Waals surface area contributed by atoms with Gasteiger partial charge < -0.3 is 10.6 Å². The predicted octanol–water partition coefficient (Wildman–Crippen LogP) is 1.74. The molecule has 17 heavy (non-hydrogen) atoms. The van der Waals surface area contributed by atoms with Crippen molar-refractivity contribution in [3.05, 3.63) is 17.8 Å². The lowest BCUT2D eigenvalue weighted by atomic mass is 10.2. The molecule has 1 aromatic heterocycles. The Kier molecular flexibility index (Phi) is 3.57. The zero-order chi connectivity index (χ0) is 12.4. The summed E-state index contributed by atoms with van der Waals surface area (Å²) in [6, 6.07) is 2.22. The van der Waals surface area contributed by atoms with Crippen LogP contribution < -0.4 is 10.6 Å². The molecule has 0 aromatic carbocycles. The van der Waals surface area contributed by atoms with Gasteiger partial charge >= 0.3 is 0 Å². The molecule has 2 N–H and O–H groups in total. The summed E-state index contributed by atoms with van der Waals surface area (Å²) in [5, 5.41) is 8.16. The van der Waals surface area contributed by atoms with Crippen LogP contribution in [0.4, 0.5) is 5.82 Å². The number of aromatic nitrogens is 2. The summed E-state index contributed by atoms with van der Waals surface area (Å²) in [5.74, 6) is 1.61. The molecule has 1 saturated carbocycles. The van der Waals surface area contributed by atoms with Gasteiger partial charge in [0, 0.05) is 12.6 Å². The highest BCUT2D eigenvalue weighted by Gasteiger charge is 2.27. The molecule has 2 rings (SSSR count). The first kappa shape index (κ1) is 12.2. The van der Waals surface area contributed by atoms with Crippen LogP contribution in [0.25, 0.3) is 0 Å². The summed E-state index contributed by atoms with van der Waals surface area (Å²) in [7, 11) is 0. The summed E-state index contributed by atoms with van der Waals surface area (Å²) in [4.78, 5) is 2.63. The number of nitrogens with zero attached hydrogens (tertiary/aromatic N) is 3. The maximum absolute atomic E-state index is 5.74. The Morgan fingerprint density at radius 3 is 2.82 bits per heavy atom. The molecule has 0 amide bonds. The van der Waals surface area contributed by atoms with Crippen molar-refractivity contribution in [3.8, 4) is 0 Å². The topological polar surface area (TPSA) is 55.0 Å². The Bertz CT molecular complexity index is 415. The van der Waals surface area contributed by atoms with Crippen LogP contribution in [-0.4, -0.2) is 27.8 Å². The van der Waals surface area contributed by atoms with E-state index in [0.717, 1.165) is 23.8 Å². The highest BCUT2D eigenvalue weighted by atomic mass is 32.1. The van der Waals surface area contributed by atoms with Crippen molar-refractivity contribution in [1.29, 1.82) is 0 Å². The number of hydrogen-bond acceptors (Lipinski definition) is 4. The molecule has 0 saturated heterocycles. The van der Waals surface area contributed by atoms with Gasteiger partial charge in [-0.2, -0.15) is 5.10 Å². The largest absolute Gasteiger partial charge is 0.389 e. The second kappa shape index (κ2) is 4.96. The number of hydrogen-bond donors (Lipinski definition) is 1. The van der Waals surface area contributed by atoms with Crippen LogP contribution in [0.1, 0.15) is 32.3 Å². The number of rotatable bonds is 5. The SMILES string of the molecule is CC(C)N(CC1CC1)c1nnccc1C(N)=S. The van der Waals surface area contributed by atoms with Gasteiger partial charge in [0.15, 0.2) is 5.82 Å². The third kappa shape index (κ3) is 2.91. The van der Waals surface area contributed by atoms with E-state index in [1.54, 1.807) is 6.20 Å². The van der Waals surface area contributed by atoms with E-state index in [4.69, 9.17) is 18.0 Å². The molecule has 0 atom stereocenters. The first-order chi connectivity index (χ1) is 8.09. The lowest BCUT2D eigenvalue weighted by molar-refractivity contribution is 0.631. The van der Waals surface area contributed by atoms with Crippen molar-refractivity contribution in [2.45, 2.75) is 32.7 Å². The van der Waals surface area contributed by atoms with E-state index >= 15 is 0 Å². The average Bonchev–Trinajstić information content (AvgIpc) is 3.09. The van der Waals surface area contributed by atoms with Crippen molar-refractivity contribution in [2.75, 3.05) is 11.4 Å². The van der Waals surface area contributed by atoms with E-state index in [2.05, 4.69) is 28.9 Å². The molecule has 4 nitrogen and oxygen atoms in total. The fraction of sp³-hybridized carbons (Fsp3) is 0.583. The molecular formula is C12H18N4S. The number of thiocarbonyl (C=S) groups is 1. The molecule has 0 aliphatic heterocycles. The van der Waals surface area contributed by atoms with Crippen molar-refractivity contribution in [1.82, 2.24) is 10.2 Å². The first-order valence-electron chi connectivity index (χ1n) is 5.97. The zero-order valence-corrected chi connectivity index (χ0v) is 11.1. The Balaban J connectivity index is 2.30. The molecule has 0 bridgehead atoms. The second-order valence-electron chi connectivity index (χ2n) is 4.82. The van der Waals surface area contributed by atoms with E-state index in [1.165, 1.54) is 12.8 Å². The molecule has 0 unspecified atom stereocenters. The maximum Gasteiger partial charge on any atom is 0.161 e. The number of anilines is 1. The Hall–Kier alpha value is -1.23. The molecule has 5 heteroatoms. The third-order valence-corrected chi connectivity index (χ3v) is 3.23. The predicted molar refractivity (Wildman–Crippen MR) is 73.1 cm³/mol. The second-order valence-corrected chi connectivity index (χ2v) is 5.26. The minimum Gasteiger partial charge on any atom is -0.389 e. The van der Waals surface area contributed by atoms with Crippen LogP contribution in [0.5, 0.6) is 0 Å². The van der Waals surface area contributed by atoms with Gasteiger partial charge in [0.1, 0.15) is 4.99 Å². The molecule has 1 fully saturated rings. The lowest BCUT2D eigenvalue weighted by Gasteiger charge is -2.28. The van der Waals surface area contributed by atoms with Crippen LogP contribution in [0.2, 0.25) is 0 Å². The molecule has 1 heterocycles. The van der Waals surface area contributed by atoms with Gasteiger partial charge in [0.05, 0.1) is 11.8 Å². The van der Waals surface area contributed by atoms with Gasteiger partial charge in [0.25, 0.3) is 0 Å². The molecule has 0 spiro atoms. The van der Waals surface area contributed by atoms with Crippen molar-refractivity contribution in [3.63, 3.8) is 0 Å². The van der Waals surface area contributed by atoms with Gasteiger partial charge in [-0.1, -0.05) is 12.2 Å². The zero-order valence-electron chi connectivity index (χ0n) is 10.3. The summed E-state index contributed by atoms with van der Waals surface area (Å²) in [6.45, 7) is 5.33. The maximum atomic E-state index is 5.74. The smallest absolute Gasteiger partial charge is 0.161 e. The van der Waals surface area contributed by atoms with Crippen LogP contribution in [-0.2, 0) is 0 Å². The van der Waals surface area contributed by atoms with Gasteiger partial charge in [-0.15, -0.1) is 5.10 Å². The van der Waals surface area contributed by atoms with Crippen LogP contribution >= 0.6 is 12.2 Å². The highest BCUT2D eigenvalue weighted by Crippen LogP contribution is 2.32. The van der Waals surface area contributed by atoms with E-state index in [0.29, 0.717) is 11.0 Å². The van der Waals surface area contributed by atoms with Crippen molar-refractivity contribution < 1.29 is 0 Å². The first-order valence-corrected chi connectivity index (χ1v) is 6.38.